The molecule has 0 spiro atoms. The Morgan fingerprint density at radius 1 is 1.38 bits per heavy atom. The molecule has 2 heterocycles. The third-order valence-corrected chi connectivity index (χ3v) is 4.81. The first-order valence-electron chi connectivity index (χ1n) is 8.09. The fourth-order valence-electron chi connectivity index (χ4n) is 3.25. The van der Waals surface area contributed by atoms with Crippen molar-refractivity contribution in [2.24, 2.45) is 5.92 Å². The molecule has 0 radical (unpaired) electrons. The Morgan fingerprint density at radius 3 is 2.83 bits per heavy atom. The van der Waals surface area contributed by atoms with Gasteiger partial charge in [0.15, 0.2) is 0 Å². The molecular formula is C18H22ClN3O2. The highest BCUT2D eigenvalue weighted by Crippen LogP contribution is 2.23. The maximum atomic E-state index is 12.5. The predicted octanol–water partition coefficient (Wildman–Crippen LogP) is 2.06. The Bertz CT molecular complexity index is 757. The van der Waals surface area contributed by atoms with Crippen molar-refractivity contribution >= 4 is 17.5 Å². The molecule has 6 heteroatoms. The van der Waals surface area contributed by atoms with Crippen LogP contribution >= 0.6 is 11.6 Å². The van der Waals surface area contributed by atoms with E-state index in [1.807, 2.05) is 48.7 Å². The van der Waals surface area contributed by atoms with Crippen molar-refractivity contribution in [1.29, 1.82) is 0 Å². The van der Waals surface area contributed by atoms with Gasteiger partial charge in [-0.25, -0.2) is 0 Å². The molecule has 1 aliphatic rings. The van der Waals surface area contributed by atoms with Crippen LogP contribution in [-0.2, 0) is 0 Å². The topological polar surface area (TPSA) is 66.3 Å². The van der Waals surface area contributed by atoms with Crippen molar-refractivity contribution in [3.05, 3.63) is 52.3 Å². The summed E-state index contributed by atoms with van der Waals surface area (Å²) in [6, 6.07) is 9.45. The molecule has 3 rings (SSSR count). The Balaban J connectivity index is 1.79. The van der Waals surface area contributed by atoms with E-state index in [1.165, 1.54) is 0 Å². The second-order valence-electron chi connectivity index (χ2n) is 6.30. The van der Waals surface area contributed by atoms with Crippen LogP contribution in [0.25, 0.3) is 5.69 Å². The fraction of sp³-hybridized carbons (Fsp3) is 0.389. The normalized spacial score (nSPS) is 20.3. The summed E-state index contributed by atoms with van der Waals surface area (Å²) in [4.78, 5) is 12.5. The van der Waals surface area contributed by atoms with Gasteiger partial charge in [-0.2, -0.15) is 0 Å². The number of hydrogen-bond donors (Lipinski definition) is 3. The summed E-state index contributed by atoms with van der Waals surface area (Å²) in [5.74, 6) is -0.0548. The van der Waals surface area contributed by atoms with E-state index in [2.05, 4.69) is 10.6 Å². The van der Waals surface area contributed by atoms with Gasteiger partial charge in [0.2, 0.25) is 0 Å². The molecular weight excluding hydrogens is 326 g/mol. The molecule has 0 aliphatic carbocycles. The van der Waals surface area contributed by atoms with Crippen molar-refractivity contribution in [2.45, 2.75) is 20.0 Å². The molecule has 3 N–H and O–H groups in total. The Hall–Kier alpha value is -1.82. The first-order valence-corrected chi connectivity index (χ1v) is 8.47. The SMILES string of the molecule is Cc1cc(C(=O)NCC2CNCC2O)c(C)n1-c1cccc(Cl)c1. The number of aliphatic hydroxyl groups is 1. The standard InChI is InChI=1S/C18H22ClN3O2/c1-11-6-16(18(24)21-9-13-8-20-10-17(13)23)12(2)22(11)15-5-3-4-14(19)7-15/h3-7,13,17,20,23H,8-10H2,1-2H3,(H,21,24). The van der Waals surface area contributed by atoms with Gasteiger partial charge in [0, 0.05) is 47.7 Å². The Labute approximate surface area is 146 Å². The van der Waals surface area contributed by atoms with Gasteiger partial charge in [0.05, 0.1) is 11.7 Å². The summed E-state index contributed by atoms with van der Waals surface area (Å²) in [7, 11) is 0. The highest BCUT2D eigenvalue weighted by atomic mass is 35.5. The molecule has 24 heavy (non-hydrogen) atoms. The molecule has 2 atom stereocenters. The lowest BCUT2D eigenvalue weighted by Gasteiger charge is -2.14. The van der Waals surface area contributed by atoms with Crippen LogP contribution in [0.1, 0.15) is 21.7 Å². The number of benzene rings is 1. The molecule has 1 saturated heterocycles. The number of halogens is 1. The van der Waals surface area contributed by atoms with E-state index in [4.69, 9.17) is 11.6 Å². The van der Waals surface area contributed by atoms with Crippen molar-refractivity contribution in [3.63, 3.8) is 0 Å². The van der Waals surface area contributed by atoms with Crippen molar-refractivity contribution in [3.8, 4) is 5.69 Å². The smallest absolute Gasteiger partial charge is 0.253 e. The molecule has 128 valence electrons. The van der Waals surface area contributed by atoms with Gasteiger partial charge in [-0.15, -0.1) is 0 Å². The number of amides is 1. The molecule has 2 aromatic rings. The minimum absolute atomic E-state index is 0.0605. The fourth-order valence-corrected chi connectivity index (χ4v) is 3.44. The number of β-amino-alcohol motifs (C(OH)–C–C–N with tert-alkyl or cyclic N) is 1. The summed E-state index contributed by atoms with van der Waals surface area (Å²) >= 11 is 6.08. The summed E-state index contributed by atoms with van der Waals surface area (Å²) in [5, 5.41) is 16.5. The van der Waals surface area contributed by atoms with E-state index < -0.39 is 6.10 Å². The minimum Gasteiger partial charge on any atom is -0.391 e. The molecule has 5 nitrogen and oxygen atoms in total. The highest BCUT2D eigenvalue weighted by Gasteiger charge is 2.26. The molecule has 1 aliphatic heterocycles. The van der Waals surface area contributed by atoms with E-state index >= 15 is 0 Å². The second kappa shape index (κ2) is 6.97. The average Bonchev–Trinajstić information content (AvgIpc) is 3.08. The van der Waals surface area contributed by atoms with E-state index in [-0.39, 0.29) is 11.8 Å². The largest absolute Gasteiger partial charge is 0.391 e. The third kappa shape index (κ3) is 3.34. The van der Waals surface area contributed by atoms with Crippen molar-refractivity contribution in [1.82, 2.24) is 15.2 Å². The first kappa shape index (κ1) is 17.0. The van der Waals surface area contributed by atoms with Gasteiger partial charge < -0.3 is 20.3 Å². The molecule has 0 saturated carbocycles. The lowest BCUT2D eigenvalue weighted by molar-refractivity contribution is 0.0926. The van der Waals surface area contributed by atoms with Crippen LogP contribution in [0.3, 0.4) is 0 Å². The number of carbonyl (C=O) groups is 1. The quantitative estimate of drug-likeness (QED) is 0.793. The lowest BCUT2D eigenvalue weighted by Crippen LogP contribution is -2.34. The number of rotatable bonds is 4. The van der Waals surface area contributed by atoms with Gasteiger partial charge in [-0.3, -0.25) is 4.79 Å². The average molecular weight is 348 g/mol. The molecule has 2 unspecified atom stereocenters. The van der Waals surface area contributed by atoms with E-state index in [1.54, 1.807) is 0 Å². The summed E-state index contributed by atoms with van der Waals surface area (Å²) in [5.41, 5.74) is 3.43. The number of aromatic nitrogens is 1. The zero-order valence-electron chi connectivity index (χ0n) is 13.8. The van der Waals surface area contributed by atoms with Crippen molar-refractivity contribution in [2.75, 3.05) is 19.6 Å². The maximum absolute atomic E-state index is 12.5. The summed E-state index contributed by atoms with van der Waals surface area (Å²) < 4.78 is 2.02. The van der Waals surface area contributed by atoms with Gasteiger partial charge >= 0.3 is 0 Å². The first-order chi connectivity index (χ1) is 11.5. The van der Waals surface area contributed by atoms with Crippen LogP contribution in [0.15, 0.2) is 30.3 Å². The van der Waals surface area contributed by atoms with Crippen molar-refractivity contribution < 1.29 is 9.90 Å². The van der Waals surface area contributed by atoms with Gasteiger partial charge in [0.1, 0.15) is 0 Å². The highest BCUT2D eigenvalue weighted by molar-refractivity contribution is 6.30. The second-order valence-corrected chi connectivity index (χ2v) is 6.73. The van der Waals surface area contributed by atoms with Crippen LogP contribution in [0.2, 0.25) is 5.02 Å². The van der Waals surface area contributed by atoms with E-state index in [0.717, 1.165) is 23.6 Å². The number of hydrogen-bond acceptors (Lipinski definition) is 3. The summed E-state index contributed by atoms with van der Waals surface area (Å²) in [6.07, 6.45) is -0.399. The van der Waals surface area contributed by atoms with Crippen LogP contribution < -0.4 is 10.6 Å². The molecule has 1 fully saturated rings. The van der Waals surface area contributed by atoms with Crippen LogP contribution in [0, 0.1) is 19.8 Å². The Kier molecular flexibility index (Phi) is 4.94. The van der Waals surface area contributed by atoms with Gasteiger partial charge in [0.25, 0.3) is 5.91 Å². The van der Waals surface area contributed by atoms with Crippen LogP contribution in [0.4, 0.5) is 0 Å². The molecule has 1 aromatic heterocycles. The van der Waals surface area contributed by atoms with E-state index in [0.29, 0.717) is 23.7 Å². The van der Waals surface area contributed by atoms with Gasteiger partial charge in [-0.1, -0.05) is 17.7 Å². The maximum Gasteiger partial charge on any atom is 0.253 e. The monoisotopic (exact) mass is 347 g/mol. The number of nitrogens with one attached hydrogen (secondary N) is 2. The molecule has 1 amide bonds. The zero-order valence-corrected chi connectivity index (χ0v) is 14.6. The number of nitrogens with zero attached hydrogens (tertiary/aromatic N) is 1. The Morgan fingerprint density at radius 2 is 2.17 bits per heavy atom. The van der Waals surface area contributed by atoms with Gasteiger partial charge in [-0.05, 0) is 38.1 Å². The number of aliphatic hydroxyl groups excluding tert-OH is 1. The van der Waals surface area contributed by atoms with Crippen LogP contribution in [-0.4, -0.2) is 41.3 Å². The number of aryl methyl sites for hydroxylation is 1. The lowest BCUT2D eigenvalue weighted by atomic mass is 10.1. The minimum atomic E-state index is -0.399. The molecule has 1 aromatic carbocycles. The van der Waals surface area contributed by atoms with Crippen LogP contribution in [0.5, 0.6) is 0 Å². The zero-order chi connectivity index (χ0) is 17.3. The summed E-state index contributed by atoms with van der Waals surface area (Å²) in [6.45, 7) is 5.67. The predicted molar refractivity (Wildman–Crippen MR) is 95.0 cm³/mol. The number of carbonyl (C=O) groups excluding carboxylic acids is 1. The van der Waals surface area contributed by atoms with E-state index in [9.17, 15) is 9.90 Å². The molecule has 0 bridgehead atoms. The third-order valence-electron chi connectivity index (χ3n) is 4.57.